The van der Waals surface area contributed by atoms with E-state index in [1.165, 1.54) is 32.1 Å². The van der Waals surface area contributed by atoms with Gasteiger partial charge in [0, 0.05) is 0 Å². The molecule has 1 atom stereocenters. The van der Waals surface area contributed by atoms with Gasteiger partial charge in [0.1, 0.15) is 12.4 Å². The Kier molecular flexibility index (Phi) is 5.38. The van der Waals surface area contributed by atoms with E-state index < -0.39 is 11.0 Å². The Morgan fingerprint density at radius 1 is 1.43 bits per heavy atom. The number of ether oxygens (including phenoxy) is 2. The minimum absolute atomic E-state index is 0.0731. The molecule has 1 unspecified atom stereocenters. The van der Waals surface area contributed by atoms with Crippen molar-refractivity contribution >= 4 is 5.69 Å². The van der Waals surface area contributed by atoms with Crippen LogP contribution in [-0.2, 0) is 0 Å². The number of hydrogen-bond donors (Lipinski definition) is 1. The molecule has 6 nitrogen and oxygen atoms in total. The van der Waals surface area contributed by atoms with Gasteiger partial charge in [-0.15, -0.1) is 0 Å². The van der Waals surface area contributed by atoms with Crippen molar-refractivity contribution in [2.24, 2.45) is 5.92 Å². The number of methoxy groups -OCH3 is 1. The van der Waals surface area contributed by atoms with E-state index in [1.54, 1.807) is 6.07 Å². The zero-order valence-electron chi connectivity index (χ0n) is 12.2. The summed E-state index contributed by atoms with van der Waals surface area (Å²) in [4.78, 5) is 10.5. The number of aliphatic hydroxyl groups is 1. The van der Waals surface area contributed by atoms with E-state index in [1.807, 2.05) is 0 Å². The van der Waals surface area contributed by atoms with E-state index in [-0.39, 0.29) is 18.0 Å². The molecule has 0 radical (unpaired) electrons. The Labute approximate surface area is 123 Å². The number of benzene rings is 1. The maximum absolute atomic E-state index is 11.0. The Balaban J connectivity index is 1.93. The fraction of sp³-hybridized carbons (Fsp3) is 0.600. The molecule has 0 heterocycles. The van der Waals surface area contributed by atoms with Crippen LogP contribution in [0.4, 0.5) is 5.69 Å². The molecule has 0 aromatic heterocycles. The molecule has 116 valence electrons. The molecule has 0 aliphatic heterocycles. The summed E-state index contributed by atoms with van der Waals surface area (Å²) in [6, 6.07) is 4.42. The third-order valence-corrected chi connectivity index (χ3v) is 3.87. The minimum atomic E-state index is -0.588. The number of nitrogens with zero attached hydrogens (tertiary/aromatic N) is 1. The second kappa shape index (κ2) is 7.26. The van der Waals surface area contributed by atoms with Gasteiger partial charge >= 0.3 is 5.69 Å². The van der Waals surface area contributed by atoms with Crippen LogP contribution in [0.5, 0.6) is 11.5 Å². The average molecular weight is 295 g/mol. The fourth-order valence-electron chi connectivity index (χ4n) is 2.77. The van der Waals surface area contributed by atoms with Crippen LogP contribution in [0.1, 0.15) is 32.1 Å². The van der Waals surface area contributed by atoms with E-state index in [2.05, 4.69) is 0 Å². The van der Waals surface area contributed by atoms with E-state index in [4.69, 9.17) is 9.47 Å². The van der Waals surface area contributed by atoms with Gasteiger partial charge in [-0.05, 0) is 24.5 Å². The minimum Gasteiger partial charge on any atom is -0.496 e. The van der Waals surface area contributed by atoms with Gasteiger partial charge in [-0.3, -0.25) is 10.1 Å². The first-order chi connectivity index (χ1) is 10.1. The van der Waals surface area contributed by atoms with Crippen molar-refractivity contribution in [2.75, 3.05) is 13.7 Å². The Bertz CT molecular complexity index is 485. The standard InChI is InChI=1S/C15H21NO5/c1-20-13-6-7-15(14(9-13)16(18)19)21-10-12(17)8-11-4-2-3-5-11/h6-7,9,11-12,17H,2-5,8,10H2,1H3. The van der Waals surface area contributed by atoms with Crippen molar-refractivity contribution in [2.45, 2.75) is 38.2 Å². The van der Waals surface area contributed by atoms with Crippen molar-refractivity contribution in [1.82, 2.24) is 0 Å². The third-order valence-electron chi connectivity index (χ3n) is 3.87. The molecule has 1 aliphatic rings. The fourth-order valence-corrected chi connectivity index (χ4v) is 2.77. The molecule has 1 fully saturated rings. The largest absolute Gasteiger partial charge is 0.496 e. The van der Waals surface area contributed by atoms with Crippen LogP contribution in [0, 0.1) is 16.0 Å². The molecule has 1 N–H and O–H groups in total. The number of aliphatic hydroxyl groups excluding tert-OH is 1. The number of rotatable bonds is 7. The van der Waals surface area contributed by atoms with Gasteiger partial charge in [-0.2, -0.15) is 0 Å². The SMILES string of the molecule is COc1ccc(OCC(O)CC2CCCC2)c([N+](=O)[O-])c1. The summed E-state index contributed by atoms with van der Waals surface area (Å²) in [7, 11) is 1.45. The molecular formula is C15H21NO5. The van der Waals surface area contributed by atoms with Gasteiger partial charge in [0.25, 0.3) is 0 Å². The highest BCUT2D eigenvalue weighted by Crippen LogP contribution is 2.32. The monoisotopic (exact) mass is 295 g/mol. The van der Waals surface area contributed by atoms with Crippen molar-refractivity contribution in [3.63, 3.8) is 0 Å². The summed E-state index contributed by atoms with van der Waals surface area (Å²) in [6.07, 6.45) is 4.86. The second-order valence-corrected chi connectivity index (χ2v) is 5.44. The Morgan fingerprint density at radius 3 is 2.76 bits per heavy atom. The molecule has 0 saturated heterocycles. The first-order valence-electron chi connectivity index (χ1n) is 7.23. The van der Waals surface area contributed by atoms with Gasteiger partial charge in [-0.25, -0.2) is 0 Å². The molecule has 2 rings (SSSR count). The maximum Gasteiger partial charge on any atom is 0.314 e. The lowest BCUT2D eigenvalue weighted by Gasteiger charge is -2.16. The van der Waals surface area contributed by atoms with Crippen LogP contribution in [0.25, 0.3) is 0 Å². The Hall–Kier alpha value is -1.82. The lowest BCUT2D eigenvalue weighted by Crippen LogP contribution is -2.20. The zero-order chi connectivity index (χ0) is 15.2. The number of nitro benzene ring substituents is 1. The van der Waals surface area contributed by atoms with Crippen LogP contribution in [0.15, 0.2) is 18.2 Å². The van der Waals surface area contributed by atoms with Crippen LogP contribution >= 0.6 is 0 Å². The summed E-state index contributed by atoms with van der Waals surface area (Å²) in [5, 5.41) is 21.0. The maximum atomic E-state index is 11.0. The summed E-state index contributed by atoms with van der Waals surface area (Å²) in [5.74, 6) is 1.11. The van der Waals surface area contributed by atoms with Crippen LogP contribution in [-0.4, -0.2) is 29.9 Å². The van der Waals surface area contributed by atoms with Gasteiger partial charge in [0.2, 0.25) is 0 Å². The summed E-state index contributed by atoms with van der Waals surface area (Å²) in [5.41, 5.74) is -0.151. The van der Waals surface area contributed by atoms with Crippen LogP contribution in [0.3, 0.4) is 0 Å². The highest BCUT2D eigenvalue weighted by atomic mass is 16.6. The molecule has 1 aromatic rings. The molecule has 21 heavy (non-hydrogen) atoms. The van der Waals surface area contributed by atoms with Crippen molar-refractivity contribution in [3.8, 4) is 11.5 Å². The molecule has 0 bridgehead atoms. The molecular weight excluding hydrogens is 274 g/mol. The number of hydrogen-bond acceptors (Lipinski definition) is 5. The van der Waals surface area contributed by atoms with Gasteiger partial charge < -0.3 is 14.6 Å². The normalized spacial score (nSPS) is 16.7. The quantitative estimate of drug-likeness (QED) is 0.618. The van der Waals surface area contributed by atoms with E-state index in [9.17, 15) is 15.2 Å². The highest BCUT2D eigenvalue weighted by molar-refractivity contribution is 5.50. The third kappa shape index (κ3) is 4.32. The van der Waals surface area contributed by atoms with Gasteiger partial charge in [-0.1, -0.05) is 25.7 Å². The van der Waals surface area contributed by atoms with Crippen molar-refractivity contribution in [1.29, 1.82) is 0 Å². The topological polar surface area (TPSA) is 81.8 Å². The summed E-state index contributed by atoms with van der Waals surface area (Å²) in [6.45, 7) is 0.0731. The molecule has 0 spiro atoms. The first kappa shape index (κ1) is 15.6. The van der Waals surface area contributed by atoms with E-state index >= 15 is 0 Å². The van der Waals surface area contributed by atoms with Crippen molar-refractivity contribution < 1.29 is 19.5 Å². The molecule has 1 aromatic carbocycles. The van der Waals surface area contributed by atoms with E-state index in [0.717, 1.165) is 12.8 Å². The van der Waals surface area contributed by atoms with Gasteiger partial charge in [0.15, 0.2) is 5.75 Å². The molecule has 0 amide bonds. The predicted molar refractivity (Wildman–Crippen MR) is 77.7 cm³/mol. The predicted octanol–water partition coefficient (Wildman–Crippen LogP) is 2.92. The molecule has 6 heteroatoms. The lowest BCUT2D eigenvalue weighted by molar-refractivity contribution is -0.386. The zero-order valence-corrected chi connectivity index (χ0v) is 12.2. The van der Waals surface area contributed by atoms with E-state index in [0.29, 0.717) is 18.1 Å². The summed E-state index contributed by atoms with van der Waals surface area (Å²) < 4.78 is 10.4. The van der Waals surface area contributed by atoms with Crippen LogP contribution in [0.2, 0.25) is 0 Å². The second-order valence-electron chi connectivity index (χ2n) is 5.44. The number of nitro groups is 1. The smallest absolute Gasteiger partial charge is 0.314 e. The van der Waals surface area contributed by atoms with Crippen molar-refractivity contribution in [3.05, 3.63) is 28.3 Å². The summed E-state index contributed by atoms with van der Waals surface area (Å²) >= 11 is 0. The van der Waals surface area contributed by atoms with Crippen LogP contribution < -0.4 is 9.47 Å². The average Bonchev–Trinajstić information content (AvgIpc) is 2.97. The first-order valence-corrected chi connectivity index (χ1v) is 7.23. The molecule has 1 saturated carbocycles. The lowest BCUT2D eigenvalue weighted by atomic mass is 10.0. The highest BCUT2D eigenvalue weighted by Gasteiger charge is 2.21. The molecule has 1 aliphatic carbocycles. The van der Waals surface area contributed by atoms with Gasteiger partial charge in [0.05, 0.1) is 24.2 Å². The Morgan fingerprint density at radius 2 is 2.14 bits per heavy atom.